The summed E-state index contributed by atoms with van der Waals surface area (Å²) in [7, 11) is 0. The van der Waals surface area contributed by atoms with E-state index in [0.29, 0.717) is 6.04 Å². The van der Waals surface area contributed by atoms with Crippen molar-refractivity contribution in [1.29, 1.82) is 0 Å². The van der Waals surface area contributed by atoms with Gasteiger partial charge in [-0.3, -0.25) is 0 Å². The van der Waals surface area contributed by atoms with Crippen molar-refractivity contribution in [1.82, 2.24) is 0 Å². The van der Waals surface area contributed by atoms with Crippen molar-refractivity contribution >= 4 is 33.2 Å². The second-order valence-electron chi connectivity index (χ2n) is 4.91. The Morgan fingerprint density at radius 1 is 1.41 bits per heavy atom. The second-order valence-corrected chi connectivity index (χ2v) is 6.20. The molecule has 0 amide bonds. The fourth-order valence-electron chi connectivity index (χ4n) is 2.62. The highest BCUT2D eigenvalue weighted by atomic mass is 79.9. The van der Waals surface area contributed by atoms with Gasteiger partial charge >= 0.3 is 0 Å². The van der Waals surface area contributed by atoms with Gasteiger partial charge in [0.15, 0.2) is 0 Å². The van der Waals surface area contributed by atoms with Crippen LogP contribution in [0.15, 0.2) is 22.7 Å². The number of hydrogen-bond donors (Lipinski definition) is 1. The lowest BCUT2D eigenvalue weighted by atomic mass is 9.84. The molecule has 1 aromatic carbocycles. The van der Waals surface area contributed by atoms with Gasteiger partial charge in [0.1, 0.15) is 0 Å². The van der Waals surface area contributed by atoms with E-state index in [1.54, 1.807) is 0 Å². The lowest BCUT2D eigenvalue weighted by molar-refractivity contribution is 0.327. The molecule has 1 aliphatic rings. The average molecular weight is 317 g/mol. The van der Waals surface area contributed by atoms with Gasteiger partial charge in [-0.2, -0.15) is 0 Å². The molecule has 1 fully saturated rings. The van der Waals surface area contributed by atoms with Gasteiger partial charge in [-0.15, -0.1) is 0 Å². The molecule has 0 aromatic heterocycles. The van der Waals surface area contributed by atoms with Crippen LogP contribution in [0, 0.1) is 5.92 Å². The zero-order chi connectivity index (χ0) is 12.3. The Morgan fingerprint density at radius 3 is 2.94 bits per heavy atom. The first kappa shape index (κ1) is 13.2. The van der Waals surface area contributed by atoms with Gasteiger partial charge in [0.2, 0.25) is 0 Å². The summed E-state index contributed by atoms with van der Waals surface area (Å²) in [5, 5.41) is 4.41. The normalized spacial score (nSPS) is 24.6. The van der Waals surface area contributed by atoms with Crippen LogP contribution >= 0.6 is 27.5 Å². The number of anilines is 1. The minimum atomic E-state index is 0.617. The molecule has 1 nitrogen and oxygen atoms in total. The minimum absolute atomic E-state index is 0.617. The van der Waals surface area contributed by atoms with Crippen molar-refractivity contribution in [3.05, 3.63) is 27.7 Å². The molecule has 0 saturated heterocycles. The fraction of sp³-hybridized carbons (Fsp3) is 0.571. The third-order valence-electron chi connectivity index (χ3n) is 3.65. The number of nitrogens with one attached hydrogen (secondary N) is 1. The SMILES string of the molecule is CCC1CCCC(Nc2ccc(Cl)cc2Br)C1. The number of hydrogen-bond acceptors (Lipinski definition) is 1. The van der Waals surface area contributed by atoms with Gasteiger partial charge < -0.3 is 5.32 Å². The highest BCUT2D eigenvalue weighted by Crippen LogP contribution is 2.32. The molecule has 3 heteroatoms. The number of benzene rings is 1. The average Bonchev–Trinajstić information content (AvgIpc) is 2.33. The maximum Gasteiger partial charge on any atom is 0.0487 e. The lowest BCUT2D eigenvalue weighted by Crippen LogP contribution is -2.27. The van der Waals surface area contributed by atoms with E-state index in [0.717, 1.165) is 21.1 Å². The molecule has 94 valence electrons. The van der Waals surface area contributed by atoms with E-state index in [2.05, 4.69) is 34.2 Å². The summed E-state index contributed by atoms with van der Waals surface area (Å²) in [6.45, 7) is 2.30. The summed E-state index contributed by atoms with van der Waals surface area (Å²) >= 11 is 9.51. The molecule has 1 aliphatic carbocycles. The molecule has 1 saturated carbocycles. The first-order valence-corrected chi connectivity index (χ1v) is 7.57. The molecule has 2 unspecified atom stereocenters. The summed E-state index contributed by atoms with van der Waals surface area (Å²) in [5.41, 5.74) is 1.16. The summed E-state index contributed by atoms with van der Waals surface area (Å²) in [5.74, 6) is 0.896. The van der Waals surface area contributed by atoms with Crippen LogP contribution in [0.2, 0.25) is 5.02 Å². The van der Waals surface area contributed by atoms with Crippen molar-refractivity contribution in [2.45, 2.75) is 45.1 Å². The molecule has 2 rings (SSSR count). The predicted molar refractivity (Wildman–Crippen MR) is 78.8 cm³/mol. The predicted octanol–water partition coefficient (Wildman–Crippen LogP) is 5.48. The van der Waals surface area contributed by atoms with E-state index >= 15 is 0 Å². The molecule has 0 bridgehead atoms. The summed E-state index contributed by atoms with van der Waals surface area (Å²) in [6.07, 6.45) is 6.63. The topological polar surface area (TPSA) is 12.0 Å². The van der Waals surface area contributed by atoms with Crippen molar-refractivity contribution in [3.8, 4) is 0 Å². The Bertz CT molecular complexity index is 380. The van der Waals surface area contributed by atoms with E-state index in [-0.39, 0.29) is 0 Å². The van der Waals surface area contributed by atoms with E-state index < -0.39 is 0 Å². The largest absolute Gasteiger partial charge is 0.381 e. The van der Waals surface area contributed by atoms with Gasteiger partial charge in [0, 0.05) is 21.2 Å². The maximum atomic E-state index is 5.95. The third kappa shape index (κ3) is 3.62. The highest BCUT2D eigenvalue weighted by Gasteiger charge is 2.20. The van der Waals surface area contributed by atoms with Crippen molar-refractivity contribution in [2.75, 3.05) is 5.32 Å². The van der Waals surface area contributed by atoms with Gasteiger partial charge in [-0.1, -0.05) is 37.8 Å². The molecular formula is C14H19BrClN. The number of rotatable bonds is 3. The second kappa shape index (κ2) is 6.10. The van der Waals surface area contributed by atoms with Crippen LogP contribution in [0.1, 0.15) is 39.0 Å². The van der Waals surface area contributed by atoms with Crippen molar-refractivity contribution in [3.63, 3.8) is 0 Å². The molecule has 1 N–H and O–H groups in total. The van der Waals surface area contributed by atoms with E-state index in [1.165, 1.54) is 32.1 Å². The van der Waals surface area contributed by atoms with Crippen LogP contribution in [0.25, 0.3) is 0 Å². The quantitative estimate of drug-likeness (QED) is 0.778. The van der Waals surface area contributed by atoms with Gasteiger partial charge in [-0.25, -0.2) is 0 Å². The Morgan fingerprint density at radius 2 is 2.24 bits per heavy atom. The van der Waals surface area contributed by atoms with Gasteiger partial charge in [0.05, 0.1) is 0 Å². The molecule has 17 heavy (non-hydrogen) atoms. The van der Waals surface area contributed by atoms with Crippen LogP contribution in [0.5, 0.6) is 0 Å². The first-order chi connectivity index (χ1) is 8.19. The monoisotopic (exact) mass is 315 g/mol. The van der Waals surface area contributed by atoms with Crippen LogP contribution in [0.3, 0.4) is 0 Å². The Kier molecular flexibility index (Phi) is 4.75. The van der Waals surface area contributed by atoms with Gasteiger partial charge in [-0.05, 0) is 52.9 Å². The Hall–Kier alpha value is -0.210. The van der Waals surface area contributed by atoms with Crippen LogP contribution in [-0.4, -0.2) is 6.04 Å². The molecule has 2 atom stereocenters. The highest BCUT2D eigenvalue weighted by molar-refractivity contribution is 9.10. The molecule has 1 aromatic rings. The van der Waals surface area contributed by atoms with Crippen LogP contribution < -0.4 is 5.32 Å². The maximum absolute atomic E-state index is 5.95. The van der Waals surface area contributed by atoms with Crippen molar-refractivity contribution in [2.24, 2.45) is 5.92 Å². The molecular weight excluding hydrogens is 298 g/mol. The lowest BCUT2D eigenvalue weighted by Gasteiger charge is -2.30. The van der Waals surface area contributed by atoms with Gasteiger partial charge in [0.25, 0.3) is 0 Å². The molecule has 0 aliphatic heterocycles. The molecule has 0 spiro atoms. The van der Waals surface area contributed by atoms with E-state index in [1.807, 2.05) is 12.1 Å². The Balaban J connectivity index is 2.00. The summed E-state index contributed by atoms with van der Waals surface area (Å²) < 4.78 is 1.06. The molecule has 0 radical (unpaired) electrons. The summed E-state index contributed by atoms with van der Waals surface area (Å²) in [4.78, 5) is 0. The van der Waals surface area contributed by atoms with Crippen LogP contribution in [0.4, 0.5) is 5.69 Å². The van der Waals surface area contributed by atoms with E-state index in [4.69, 9.17) is 11.6 Å². The zero-order valence-corrected chi connectivity index (χ0v) is 12.5. The standard InChI is InChI=1S/C14H19BrClN/c1-2-10-4-3-5-12(8-10)17-14-7-6-11(16)9-13(14)15/h6-7,9-10,12,17H,2-5,8H2,1H3. The first-order valence-electron chi connectivity index (χ1n) is 6.40. The van der Waals surface area contributed by atoms with E-state index in [9.17, 15) is 0 Å². The minimum Gasteiger partial charge on any atom is -0.381 e. The Labute approximate surface area is 117 Å². The summed E-state index contributed by atoms with van der Waals surface area (Å²) in [6, 6.07) is 6.56. The number of halogens is 2. The van der Waals surface area contributed by atoms with Crippen molar-refractivity contribution < 1.29 is 0 Å². The smallest absolute Gasteiger partial charge is 0.0487 e. The zero-order valence-electron chi connectivity index (χ0n) is 10.2. The fourth-order valence-corrected chi connectivity index (χ4v) is 3.42. The molecule has 0 heterocycles. The third-order valence-corrected chi connectivity index (χ3v) is 4.54. The van der Waals surface area contributed by atoms with Crippen LogP contribution in [-0.2, 0) is 0 Å².